The lowest BCUT2D eigenvalue weighted by Gasteiger charge is -2.31. The SMILES string of the molecule is CCOC(=O)c1c(NC(=O)CN2CCN(C)CC2)sc2c1CCC2. The maximum absolute atomic E-state index is 12.4. The van der Waals surface area contributed by atoms with E-state index < -0.39 is 0 Å². The molecular weight excluding hydrogens is 326 g/mol. The summed E-state index contributed by atoms with van der Waals surface area (Å²) in [5, 5.41) is 3.63. The molecule has 1 aliphatic heterocycles. The van der Waals surface area contributed by atoms with Gasteiger partial charge in [-0.25, -0.2) is 4.79 Å². The van der Waals surface area contributed by atoms with Crippen molar-refractivity contribution in [3.8, 4) is 0 Å². The average molecular weight is 351 g/mol. The van der Waals surface area contributed by atoms with Crippen molar-refractivity contribution in [3.05, 3.63) is 16.0 Å². The lowest BCUT2D eigenvalue weighted by atomic mass is 10.1. The van der Waals surface area contributed by atoms with Gasteiger partial charge in [0.1, 0.15) is 5.00 Å². The Morgan fingerprint density at radius 3 is 2.67 bits per heavy atom. The number of ether oxygens (including phenoxy) is 1. The zero-order chi connectivity index (χ0) is 17.1. The van der Waals surface area contributed by atoms with E-state index in [1.54, 1.807) is 6.92 Å². The lowest BCUT2D eigenvalue weighted by molar-refractivity contribution is -0.117. The molecule has 0 radical (unpaired) electrons. The minimum Gasteiger partial charge on any atom is -0.462 e. The fourth-order valence-electron chi connectivity index (χ4n) is 3.29. The van der Waals surface area contributed by atoms with E-state index in [1.165, 1.54) is 16.2 Å². The maximum Gasteiger partial charge on any atom is 0.341 e. The first-order valence-corrected chi connectivity index (χ1v) is 9.42. The van der Waals surface area contributed by atoms with E-state index in [0.717, 1.165) is 51.0 Å². The standard InChI is InChI=1S/C17H25N3O3S/c1-3-23-17(22)15-12-5-4-6-13(12)24-16(15)18-14(21)11-20-9-7-19(2)8-10-20/h3-11H2,1-2H3,(H,18,21). The minimum atomic E-state index is -0.313. The highest BCUT2D eigenvalue weighted by Gasteiger charge is 2.28. The fourth-order valence-corrected chi connectivity index (χ4v) is 4.58. The molecule has 1 amide bonds. The quantitative estimate of drug-likeness (QED) is 0.817. The summed E-state index contributed by atoms with van der Waals surface area (Å²) in [5.74, 6) is -0.364. The van der Waals surface area contributed by atoms with E-state index in [1.807, 2.05) is 0 Å². The van der Waals surface area contributed by atoms with Crippen molar-refractivity contribution in [1.29, 1.82) is 0 Å². The molecule has 0 atom stereocenters. The predicted molar refractivity (Wildman–Crippen MR) is 94.9 cm³/mol. The Labute approximate surface area is 146 Å². The monoisotopic (exact) mass is 351 g/mol. The number of carbonyl (C=O) groups is 2. The van der Waals surface area contributed by atoms with Crippen LogP contribution in [0.4, 0.5) is 5.00 Å². The number of fused-ring (bicyclic) bond motifs is 1. The van der Waals surface area contributed by atoms with Crippen molar-refractivity contribution in [2.75, 3.05) is 51.7 Å². The van der Waals surface area contributed by atoms with Gasteiger partial charge in [-0.1, -0.05) is 0 Å². The Morgan fingerprint density at radius 1 is 1.21 bits per heavy atom. The summed E-state index contributed by atoms with van der Waals surface area (Å²) in [6.45, 7) is 6.28. The van der Waals surface area contributed by atoms with Crippen LogP contribution in [0.15, 0.2) is 0 Å². The predicted octanol–water partition coefficient (Wildman–Crippen LogP) is 1.60. The van der Waals surface area contributed by atoms with Gasteiger partial charge in [-0.2, -0.15) is 0 Å². The number of aryl methyl sites for hydroxylation is 1. The van der Waals surface area contributed by atoms with E-state index in [9.17, 15) is 9.59 Å². The number of carbonyl (C=O) groups excluding carboxylic acids is 2. The maximum atomic E-state index is 12.4. The molecule has 7 heteroatoms. The molecule has 0 saturated carbocycles. The second-order valence-corrected chi connectivity index (χ2v) is 7.51. The highest BCUT2D eigenvalue weighted by atomic mass is 32.1. The number of nitrogens with one attached hydrogen (secondary N) is 1. The van der Waals surface area contributed by atoms with Crippen LogP contribution in [0.5, 0.6) is 0 Å². The summed E-state index contributed by atoms with van der Waals surface area (Å²) < 4.78 is 5.20. The highest BCUT2D eigenvalue weighted by molar-refractivity contribution is 7.17. The molecule has 2 heterocycles. The van der Waals surface area contributed by atoms with Gasteiger partial charge in [-0.05, 0) is 38.8 Å². The van der Waals surface area contributed by atoms with Gasteiger partial charge < -0.3 is 15.0 Å². The molecule has 1 saturated heterocycles. The van der Waals surface area contributed by atoms with Gasteiger partial charge in [0.25, 0.3) is 0 Å². The van der Waals surface area contributed by atoms with Gasteiger partial charge >= 0.3 is 5.97 Å². The van der Waals surface area contributed by atoms with Gasteiger partial charge in [0.2, 0.25) is 5.91 Å². The Kier molecular flexibility index (Phi) is 5.53. The first-order chi connectivity index (χ1) is 11.6. The molecule has 3 rings (SSSR count). The zero-order valence-corrected chi connectivity index (χ0v) is 15.2. The van der Waals surface area contributed by atoms with Crippen LogP contribution >= 0.6 is 11.3 Å². The van der Waals surface area contributed by atoms with E-state index in [4.69, 9.17) is 4.74 Å². The van der Waals surface area contributed by atoms with Gasteiger partial charge in [0, 0.05) is 31.1 Å². The molecule has 6 nitrogen and oxygen atoms in total. The van der Waals surface area contributed by atoms with E-state index in [-0.39, 0.29) is 11.9 Å². The summed E-state index contributed by atoms with van der Waals surface area (Å²) >= 11 is 1.53. The summed E-state index contributed by atoms with van der Waals surface area (Å²) in [6, 6.07) is 0. The minimum absolute atomic E-state index is 0.0509. The molecule has 1 aromatic rings. The normalized spacial score (nSPS) is 18.4. The smallest absolute Gasteiger partial charge is 0.341 e. The molecule has 1 aromatic heterocycles. The Morgan fingerprint density at radius 2 is 1.96 bits per heavy atom. The third-order valence-electron chi connectivity index (χ3n) is 4.62. The van der Waals surface area contributed by atoms with Gasteiger partial charge in [-0.15, -0.1) is 11.3 Å². The third-order valence-corrected chi connectivity index (χ3v) is 5.82. The summed E-state index contributed by atoms with van der Waals surface area (Å²) in [7, 11) is 2.09. The number of hydrogen-bond donors (Lipinski definition) is 1. The van der Waals surface area contributed by atoms with Crippen LogP contribution in [0.3, 0.4) is 0 Å². The second kappa shape index (κ2) is 7.63. The van der Waals surface area contributed by atoms with E-state index in [0.29, 0.717) is 23.7 Å². The van der Waals surface area contributed by atoms with Gasteiger partial charge in [0.15, 0.2) is 0 Å². The van der Waals surface area contributed by atoms with Crippen molar-refractivity contribution >= 4 is 28.2 Å². The molecule has 1 fully saturated rings. The third kappa shape index (κ3) is 3.79. The lowest BCUT2D eigenvalue weighted by Crippen LogP contribution is -2.47. The number of rotatable bonds is 5. The molecule has 0 bridgehead atoms. The first kappa shape index (κ1) is 17.4. The topological polar surface area (TPSA) is 61.9 Å². The van der Waals surface area contributed by atoms with E-state index >= 15 is 0 Å². The number of nitrogens with zero attached hydrogens (tertiary/aromatic N) is 2. The molecule has 1 N–H and O–H groups in total. The largest absolute Gasteiger partial charge is 0.462 e. The zero-order valence-electron chi connectivity index (χ0n) is 14.4. The summed E-state index contributed by atoms with van der Waals surface area (Å²) in [4.78, 5) is 30.4. The molecule has 132 valence electrons. The number of anilines is 1. The highest BCUT2D eigenvalue weighted by Crippen LogP contribution is 2.39. The Bertz CT molecular complexity index is 621. The fraction of sp³-hybridized carbons (Fsp3) is 0.647. The molecule has 24 heavy (non-hydrogen) atoms. The molecular formula is C17H25N3O3S. The second-order valence-electron chi connectivity index (χ2n) is 6.41. The van der Waals surface area contributed by atoms with Crippen molar-refractivity contribution in [1.82, 2.24) is 9.80 Å². The number of likely N-dealkylation sites (N-methyl/N-ethyl adjacent to an activating group) is 1. The Hall–Kier alpha value is -1.44. The number of thiophene rings is 1. The summed E-state index contributed by atoms with van der Waals surface area (Å²) in [5.41, 5.74) is 1.66. The van der Waals surface area contributed by atoms with Crippen LogP contribution < -0.4 is 5.32 Å². The number of esters is 1. The number of hydrogen-bond acceptors (Lipinski definition) is 6. The van der Waals surface area contributed by atoms with Crippen LogP contribution in [0, 0.1) is 0 Å². The van der Waals surface area contributed by atoms with Crippen LogP contribution in [0.1, 0.15) is 34.1 Å². The van der Waals surface area contributed by atoms with Gasteiger partial charge in [0.05, 0.1) is 18.7 Å². The van der Waals surface area contributed by atoms with Crippen LogP contribution in [0.2, 0.25) is 0 Å². The van der Waals surface area contributed by atoms with Crippen molar-refractivity contribution in [2.45, 2.75) is 26.2 Å². The molecule has 1 aliphatic carbocycles. The number of piperazine rings is 1. The average Bonchev–Trinajstić information content (AvgIpc) is 3.10. The molecule has 0 aromatic carbocycles. The number of amides is 1. The van der Waals surface area contributed by atoms with Crippen molar-refractivity contribution in [3.63, 3.8) is 0 Å². The first-order valence-electron chi connectivity index (χ1n) is 8.61. The van der Waals surface area contributed by atoms with Gasteiger partial charge in [-0.3, -0.25) is 9.69 Å². The Balaban J connectivity index is 1.68. The summed E-state index contributed by atoms with van der Waals surface area (Å²) in [6.07, 6.45) is 2.96. The van der Waals surface area contributed by atoms with Crippen molar-refractivity contribution in [2.24, 2.45) is 0 Å². The molecule has 2 aliphatic rings. The van der Waals surface area contributed by atoms with Crippen LogP contribution in [-0.4, -0.2) is 68.1 Å². The molecule has 0 spiro atoms. The molecule has 0 unspecified atom stereocenters. The van der Waals surface area contributed by atoms with Crippen molar-refractivity contribution < 1.29 is 14.3 Å². The van der Waals surface area contributed by atoms with E-state index in [2.05, 4.69) is 22.2 Å². The van der Waals surface area contributed by atoms with Crippen LogP contribution in [0.25, 0.3) is 0 Å². The van der Waals surface area contributed by atoms with Crippen LogP contribution in [-0.2, 0) is 22.4 Å².